The summed E-state index contributed by atoms with van der Waals surface area (Å²) >= 11 is 6.65. The molecule has 3 heterocycles. The minimum absolute atomic E-state index is 0. The molecule has 28 heteroatoms. The van der Waals surface area contributed by atoms with Gasteiger partial charge in [-0.2, -0.15) is 23.5 Å². The zero-order valence-corrected chi connectivity index (χ0v) is 63.0. The number of nitrogens with one attached hydrogen (secondary N) is 2. The molecule has 0 fully saturated rings. The number of aryl methyl sites for hydroxylation is 1. The average Bonchev–Trinajstić information content (AvgIpc) is 0.997. The van der Waals surface area contributed by atoms with Gasteiger partial charge in [0, 0.05) is 140 Å². The fourth-order valence-electron chi connectivity index (χ4n) is 12.0. The summed E-state index contributed by atoms with van der Waals surface area (Å²) in [4.78, 5) is 108. The summed E-state index contributed by atoms with van der Waals surface area (Å²) in [5, 5.41) is 38.8. The van der Waals surface area contributed by atoms with Gasteiger partial charge in [0.15, 0.2) is 0 Å². The molecule has 3 aromatic heterocycles. The Bertz CT molecular complexity index is 3450. The van der Waals surface area contributed by atoms with Crippen LogP contribution in [0.4, 0.5) is 0 Å². The maximum absolute atomic E-state index is 12.9. The van der Waals surface area contributed by atoms with E-state index < -0.39 is 23.9 Å². The van der Waals surface area contributed by atoms with Gasteiger partial charge in [0.25, 0.3) is 0 Å². The van der Waals surface area contributed by atoms with Crippen molar-refractivity contribution in [1.82, 2.24) is 45.2 Å². The molecule has 0 radical (unpaired) electrons. The average molecular weight is 1500 g/mol. The number of terminal acetylenes is 1. The lowest BCUT2D eigenvalue weighted by Crippen LogP contribution is -2.41. The fourth-order valence-corrected chi connectivity index (χ4v) is 15.1. The fraction of sp³-hybridized carbons (Fsp3) is 0.573. The Labute approximate surface area is 625 Å². The van der Waals surface area contributed by atoms with Crippen LogP contribution in [0.2, 0.25) is 0 Å². The van der Waals surface area contributed by atoms with E-state index in [0.717, 1.165) is 102 Å². The summed E-state index contributed by atoms with van der Waals surface area (Å²) in [5.74, 6) is 3.40. The summed E-state index contributed by atoms with van der Waals surface area (Å²) < 4.78 is 12.8. The molecule has 0 saturated carbocycles. The number of aromatic nitrogens is 3. The van der Waals surface area contributed by atoms with Gasteiger partial charge in [-0.3, -0.25) is 43.4 Å². The number of benzene rings is 2. The van der Waals surface area contributed by atoms with E-state index in [0.29, 0.717) is 143 Å². The number of carboxylic acids is 2. The number of ether oxygens (including phenoxy) is 2. The number of unbranched alkanes of at least 4 members (excludes halogenated alkanes) is 1. The molecule has 0 aliphatic heterocycles. The maximum Gasteiger partial charge on any atom is 0.333 e. The zero-order chi connectivity index (χ0) is 73.7. The molecule has 4 N–H and O–H groups in total. The monoisotopic (exact) mass is 1500 g/mol. The second-order valence-electron chi connectivity index (χ2n) is 24.6. The standard InChI is InChI=1S/C37H52N6O6S2.C21H26N4O2S.C16H26N2O4S.CH4/c1-3-18-41(19-15-31-10-7-22-51-31)30-13-14-32-28(25-30)8-5-11-33(32)49-37(48)27-43-26-29(39-40-43)9-6-12-34(44)38-17-20-42(35(45)4-2)21-24-50-23-16-36(46)47;1-2-11-25(12-10-18-6-4-13-28-18)17-8-9-19-16(14-17)5-3-7-20(19)27-21(26)15-23-24-22;1-3-5-6-7-14(19)17-9-10-18(15(20)4-2)11-13-23-12-8-16(21)22;/h5,7-8,10-11,22,26,30H,3-4,6,9,12-21,23-25,27H2,1-2H3,(H,38,44)(H,46,47);3-7,13,17H,2,8-12,14-15H2,1H3;1H,4-13H2,2H3,(H,17,19)(H,21,22);1H4. The van der Waals surface area contributed by atoms with Crippen molar-refractivity contribution < 1.29 is 58.0 Å². The number of carbonyl (C=O) groups excluding carboxylic acids is 6. The second kappa shape index (κ2) is 51.4. The minimum atomic E-state index is -0.832. The predicted molar refractivity (Wildman–Crippen MR) is 411 cm³/mol. The molecule has 24 nitrogen and oxygen atoms in total. The van der Waals surface area contributed by atoms with Gasteiger partial charge in [-0.05, 0) is 159 Å². The number of carbonyl (C=O) groups is 8. The van der Waals surface area contributed by atoms with Crippen LogP contribution in [0.1, 0.15) is 156 Å². The highest BCUT2D eigenvalue weighted by Gasteiger charge is 2.29. The van der Waals surface area contributed by atoms with Gasteiger partial charge in [-0.25, -0.2) is 9.48 Å². The predicted octanol–water partition coefficient (Wildman–Crippen LogP) is 11.4. The molecule has 564 valence electrons. The number of fused-ring (bicyclic) bond motifs is 2. The molecular weight excluding hydrogens is 1390 g/mol. The Morgan fingerprint density at radius 1 is 0.650 bits per heavy atom. The van der Waals surface area contributed by atoms with Crippen LogP contribution in [0.15, 0.2) is 82.7 Å². The van der Waals surface area contributed by atoms with Gasteiger partial charge < -0.3 is 40.1 Å². The van der Waals surface area contributed by atoms with Crippen LogP contribution < -0.4 is 20.1 Å². The van der Waals surface area contributed by atoms with E-state index in [1.54, 1.807) is 29.8 Å². The van der Waals surface area contributed by atoms with E-state index in [-0.39, 0.29) is 57.0 Å². The molecule has 0 saturated heterocycles. The quantitative estimate of drug-likeness (QED) is 0.00535. The van der Waals surface area contributed by atoms with Gasteiger partial charge in [0.2, 0.25) is 23.6 Å². The van der Waals surface area contributed by atoms with Crippen LogP contribution >= 0.6 is 46.2 Å². The first-order chi connectivity index (χ1) is 49.5. The molecule has 2 aromatic carbocycles. The molecule has 103 heavy (non-hydrogen) atoms. The molecule has 2 unspecified atom stereocenters. The number of azide groups is 1. The first-order valence-corrected chi connectivity index (χ1v) is 39.7. The lowest BCUT2D eigenvalue weighted by atomic mass is 9.86. The van der Waals surface area contributed by atoms with E-state index in [1.165, 1.54) is 49.1 Å². The number of carboxylic acid groups (broad SMARTS) is 2. The zero-order valence-electron chi connectivity index (χ0n) is 59.8. The number of amides is 4. The van der Waals surface area contributed by atoms with Crippen LogP contribution in [-0.2, 0) is 89.8 Å². The molecule has 5 aromatic rings. The Kier molecular flexibility index (Phi) is 43.7. The first kappa shape index (κ1) is 87.6. The van der Waals surface area contributed by atoms with Gasteiger partial charge >= 0.3 is 23.9 Å². The molecule has 0 bridgehead atoms. The van der Waals surface area contributed by atoms with Crippen LogP contribution in [-0.4, -0.2) is 199 Å². The minimum Gasteiger partial charge on any atom is -0.481 e. The smallest absolute Gasteiger partial charge is 0.333 e. The highest BCUT2D eigenvalue weighted by molar-refractivity contribution is 7.99. The Morgan fingerprint density at radius 3 is 1.59 bits per heavy atom. The molecule has 4 amide bonds. The number of thioether (sulfide) groups is 2. The summed E-state index contributed by atoms with van der Waals surface area (Å²) in [5.41, 5.74) is 13.8. The Morgan fingerprint density at radius 2 is 1.15 bits per heavy atom. The normalized spacial score (nSPS) is 13.4. The van der Waals surface area contributed by atoms with E-state index in [4.69, 9.17) is 31.6 Å². The van der Waals surface area contributed by atoms with Gasteiger partial charge in [-0.15, -0.1) is 40.1 Å². The molecule has 2 aliphatic rings. The van der Waals surface area contributed by atoms with Gasteiger partial charge in [0.1, 0.15) is 24.6 Å². The topological polar surface area (TPSA) is 312 Å². The highest BCUT2D eigenvalue weighted by Crippen LogP contribution is 2.34. The summed E-state index contributed by atoms with van der Waals surface area (Å²) in [6, 6.07) is 21.5. The third-order valence-corrected chi connectivity index (χ3v) is 20.9. The third kappa shape index (κ3) is 34.6. The SMILES string of the molecule is C.C#CCCCC(=O)NCCN(CCSCCC(=O)O)C(=O)CC.CCCN(CCc1cccs1)C1CCc2c(cccc2OC(=O)CN=[N+]=[N-])C1.CCCN(CCc1cccs1)C1CCc2c(cccc2OC(=O)Cn2cc(CCCC(=O)NCCN(CCSCCC(=O)O)C(=O)CC)nn2)C1. The summed E-state index contributed by atoms with van der Waals surface area (Å²) in [6.07, 6.45) is 21.1. The lowest BCUT2D eigenvalue weighted by Gasteiger charge is -2.35. The number of nitrogens with zero attached hydrogens (tertiary/aromatic N) is 10. The maximum atomic E-state index is 12.9. The van der Waals surface area contributed by atoms with E-state index in [2.05, 4.69) is 108 Å². The van der Waals surface area contributed by atoms with Crippen molar-refractivity contribution >= 4 is 93.7 Å². The second-order valence-corrected chi connectivity index (χ2v) is 29.2. The molecule has 0 spiro atoms. The van der Waals surface area contributed by atoms with Crippen molar-refractivity contribution in [2.75, 3.05) is 95.0 Å². The van der Waals surface area contributed by atoms with Crippen LogP contribution in [0.5, 0.6) is 11.5 Å². The van der Waals surface area contributed by atoms with Crippen molar-refractivity contribution in [2.45, 2.75) is 182 Å². The summed E-state index contributed by atoms with van der Waals surface area (Å²) in [6.45, 7) is 14.7. The molecule has 2 atom stereocenters. The number of aliphatic carboxylic acids is 2. The van der Waals surface area contributed by atoms with Crippen LogP contribution in [0.3, 0.4) is 0 Å². The number of thiophene rings is 2. The van der Waals surface area contributed by atoms with E-state index in [9.17, 15) is 38.4 Å². The van der Waals surface area contributed by atoms with Gasteiger partial charge in [0.05, 0.1) is 18.5 Å². The van der Waals surface area contributed by atoms with E-state index in [1.807, 2.05) is 46.9 Å². The number of rotatable bonds is 45. The van der Waals surface area contributed by atoms with Crippen LogP contribution in [0.25, 0.3) is 10.4 Å². The number of esters is 2. The van der Waals surface area contributed by atoms with Crippen molar-refractivity contribution in [1.29, 1.82) is 0 Å². The molecular formula is C75H108N12O12S4. The lowest BCUT2D eigenvalue weighted by molar-refractivity contribution is -0.137. The first-order valence-electron chi connectivity index (χ1n) is 35.6. The highest BCUT2D eigenvalue weighted by atomic mass is 32.2. The van der Waals surface area contributed by atoms with Crippen molar-refractivity contribution in [3.63, 3.8) is 0 Å². The van der Waals surface area contributed by atoms with Gasteiger partial charge in [-0.1, -0.05) is 81.8 Å². The van der Waals surface area contributed by atoms with Crippen molar-refractivity contribution in [3.8, 4) is 23.8 Å². The Balaban J connectivity index is 0.000000363. The number of hydrogen-bond donors (Lipinski definition) is 4. The number of hydrogen-bond acceptors (Lipinski definition) is 19. The molecule has 7 rings (SSSR count). The third-order valence-electron chi connectivity index (χ3n) is 17.1. The van der Waals surface area contributed by atoms with Crippen LogP contribution in [0, 0.1) is 12.3 Å². The summed E-state index contributed by atoms with van der Waals surface area (Å²) in [7, 11) is 0. The van der Waals surface area contributed by atoms with Crippen molar-refractivity contribution in [2.24, 2.45) is 5.11 Å². The largest absolute Gasteiger partial charge is 0.481 e. The molecule has 2 aliphatic carbocycles. The van der Waals surface area contributed by atoms with E-state index >= 15 is 0 Å². The Hall–Kier alpha value is -7.77. The van der Waals surface area contributed by atoms with Crippen molar-refractivity contribution in [3.05, 3.63) is 126 Å².